The van der Waals surface area contributed by atoms with Crippen LogP contribution in [0.3, 0.4) is 0 Å². The molecule has 1 aliphatic rings. The molecule has 1 saturated carbocycles. The Labute approximate surface area is 150 Å². The predicted molar refractivity (Wildman–Crippen MR) is 110 cm³/mol. The standard InChI is InChI=1S/C18H36.C3H8.C2H6/c1-8-11-14(17(4,5)10-3)12-13-16-15(9-2)18(16,6)7;1-3-2;1-2/h14-16H,8-13H2,1-7H3;3H2,1-2H3;1-2H3. The van der Waals surface area contributed by atoms with Gasteiger partial charge in [-0.05, 0) is 41.4 Å². The van der Waals surface area contributed by atoms with Crippen LogP contribution in [0.15, 0.2) is 0 Å². The van der Waals surface area contributed by atoms with E-state index in [9.17, 15) is 0 Å². The lowest BCUT2D eigenvalue weighted by Gasteiger charge is -2.34. The second kappa shape index (κ2) is 12.4. The Morgan fingerprint density at radius 3 is 1.65 bits per heavy atom. The number of hydrogen-bond acceptors (Lipinski definition) is 0. The van der Waals surface area contributed by atoms with Crippen LogP contribution in [0.5, 0.6) is 0 Å². The quantitative estimate of drug-likeness (QED) is 0.418. The first-order valence-electron chi connectivity index (χ1n) is 10.7. The molecule has 0 N–H and O–H groups in total. The summed E-state index contributed by atoms with van der Waals surface area (Å²) >= 11 is 0. The molecule has 1 fully saturated rings. The number of rotatable bonds is 8. The summed E-state index contributed by atoms with van der Waals surface area (Å²) in [5.41, 5.74) is 1.18. The Bertz CT molecular complexity index is 261. The van der Waals surface area contributed by atoms with Crippen molar-refractivity contribution in [1.29, 1.82) is 0 Å². The Hall–Kier alpha value is 0. The Morgan fingerprint density at radius 2 is 1.35 bits per heavy atom. The van der Waals surface area contributed by atoms with Crippen molar-refractivity contribution in [3.8, 4) is 0 Å². The summed E-state index contributed by atoms with van der Waals surface area (Å²) in [6.45, 7) is 25.2. The van der Waals surface area contributed by atoms with Crippen LogP contribution in [0, 0.1) is 28.6 Å². The van der Waals surface area contributed by atoms with Gasteiger partial charge in [0.15, 0.2) is 0 Å². The SMILES string of the molecule is CC.CCC.CCCC(CCC1C(CC)C1(C)C)C(C)(C)CC. The van der Waals surface area contributed by atoms with Gasteiger partial charge in [-0.3, -0.25) is 0 Å². The van der Waals surface area contributed by atoms with Crippen molar-refractivity contribution in [2.75, 3.05) is 0 Å². The van der Waals surface area contributed by atoms with Crippen molar-refractivity contribution in [3.05, 3.63) is 0 Å². The molecule has 0 bridgehead atoms. The fraction of sp³-hybridized carbons (Fsp3) is 1.00. The van der Waals surface area contributed by atoms with Crippen molar-refractivity contribution < 1.29 is 0 Å². The maximum atomic E-state index is 2.48. The minimum atomic E-state index is 0.538. The van der Waals surface area contributed by atoms with Crippen LogP contribution in [0.4, 0.5) is 0 Å². The molecule has 3 unspecified atom stereocenters. The maximum Gasteiger partial charge on any atom is -0.0292 e. The molecule has 0 amide bonds. The van der Waals surface area contributed by atoms with Crippen LogP contribution < -0.4 is 0 Å². The summed E-state index contributed by atoms with van der Waals surface area (Å²) in [5, 5.41) is 0. The zero-order valence-corrected chi connectivity index (χ0v) is 18.7. The fourth-order valence-corrected chi connectivity index (χ4v) is 4.18. The van der Waals surface area contributed by atoms with Gasteiger partial charge in [-0.15, -0.1) is 0 Å². The highest BCUT2D eigenvalue weighted by molar-refractivity contribution is 5.04. The van der Waals surface area contributed by atoms with E-state index in [2.05, 4.69) is 62.3 Å². The van der Waals surface area contributed by atoms with Gasteiger partial charge < -0.3 is 0 Å². The zero-order valence-electron chi connectivity index (χ0n) is 18.7. The van der Waals surface area contributed by atoms with E-state index in [4.69, 9.17) is 0 Å². The van der Waals surface area contributed by atoms with E-state index in [1.807, 2.05) is 13.8 Å². The smallest absolute Gasteiger partial charge is 0.0292 e. The molecule has 1 rings (SSSR count). The third-order valence-corrected chi connectivity index (χ3v) is 6.21. The van der Waals surface area contributed by atoms with Crippen LogP contribution >= 0.6 is 0 Å². The van der Waals surface area contributed by atoms with Gasteiger partial charge in [-0.1, -0.05) is 108 Å². The molecule has 0 aromatic heterocycles. The molecule has 0 saturated heterocycles. The first kappa shape index (κ1) is 25.2. The molecule has 0 nitrogen and oxygen atoms in total. The van der Waals surface area contributed by atoms with Crippen LogP contribution in [0.1, 0.15) is 121 Å². The van der Waals surface area contributed by atoms with E-state index in [1.165, 1.54) is 44.9 Å². The molecule has 23 heavy (non-hydrogen) atoms. The largest absolute Gasteiger partial charge is 0.0683 e. The predicted octanol–water partition coefficient (Wildman–Crippen LogP) is 8.74. The van der Waals surface area contributed by atoms with Crippen molar-refractivity contribution >= 4 is 0 Å². The van der Waals surface area contributed by atoms with Gasteiger partial charge in [-0.2, -0.15) is 0 Å². The van der Waals surface area contributed by atoms with E-state index >= 15 is 0 Å². The van der Waals surface area contributed by atoms with Gasteiger partial charge in [0.25, 0.3) is 0 Å². The van der Waals surface area contributed by atoms with E-state index in [-0.39, 0.29) is 0 Å². The second-order valence-electron chi connectivity index (χ2n) is 8.55. The van der Waals surface area contributed by atoms with Gasteiger partial charge in [0.2, 0.25) is 0 Å². The highest BCUT2D eigenvalue weighted by Gasteiger charge is 2.55. The van der Waals surface area contributed by atoms with Crippen LogP contribution in [-0.2, 0) is 0 Å². The molecule has 142 valence electrons. The summed E-state index contributed by atoms with van der Waals surface area (Å²) in [5.74, 6) is 2.94. The molecule has 0 heteroatoms. The lowest BCUT2D eigenvalue weighted by atomic mass is 9.72. The monoisotopic (exact) mass is 326 g/mol. The molecular formula is C23H50. The van der Waals surface area contributed by atoms with E-state index < -0.39 is 0 Å². The van der Waals surface area contributed by atoms with Gasteiger partial charge in [0.05, 0.1) is 0 Å². The minimum Gasteiger partial charge on any atom is -0.0683 e. The van der Waals surface area contributed by atoms with Crippen molar-refractivity contribution in [1.82, 2.24) is 0 Å². The topological polar surface area (TPSA) is 0 Å². The summed E-state index contributed by atoms with van der Waals surface area (Å²) in [6, 6.07) is 0. The van der Waals surface area contributed by atoms with Gasteiger partial charge >= 0.3 is 0 Å². The van der Waals surface area contributed by atoms with E-state index in [1.54, 1.807) is 0 Å². The first-order chi connectivity index (χ1) is 10.7. The van der Waals surface area contributed by atoms with Crippen molar-refractivity contribution in [2.24, 2.45) is 28.6 Å². The molecule has 0 aromatic rings. The van der Waals surface area contributed by atoms with E-state index in [0.29, 0.717) is 10.8 Å². The molecule has 0 spiro atoms. The maximum absolute atomic E-state index is 2.48. The molecule has 0 aliphatic heterocycles. The Kier molecular flexibility index (Phi) is 13.6. The third-order valence-electron chi connectivity index (χ3n) is 6.21. The van der Waals surface area contributed by atoms with E-state index in [0.717, 1.165) is 17.8 Å². The summed E-state index contributed by atoms with van der Waals surface area (Å²) in [6.07, 6.45) is 9.65. The average molecular weight is 327 g/mol. The lowest BCUT2D eigenvalue weighted by Crippen LogP contribution is -2.23. The second-order valence-corrected chi connectivity index (χ2v) is 8.55. The lowest BCUT2D eigenvalue weighted by molar-refractivity contribution is 0.170. The fourth-order valence-electron chi connectivity index (χ4n) is 4.18. The normalized spacial score (nSPS) is 23.1. The van der Waals surface area contributed by atoms with Crippen LogP contribution in [0.25, 0.3) is 0 Å². The summed E-state index contributed by atoms with van der Waals surface area (Å²) in [7, 11) is 0. The Morgan fingerprint density at radius 1 is 0.870 bits per heavy atom. The zero-order chi connectivity index (χ0) is 18.7. The molecule has 0 aromatic carbocycles. The average Bonchev–Trinajstić information content (AvgIpc) is 3.06. The van der Waals surface area contributed by atoms with Crippen LogP contribution in [-0.4, -0.2) is 0 Å². The van der Waals surface area contributed by atoms with Gasteiger partial charge in [0.1, 0.15) is 0 Å². The minimum absolute atomic E-state index is 0.538. The highest BCUT2D eigenvalue weighted by Crippen LogP contribution is 2.62. The van der Waals surface area contributed by atoms with Crippen LogP contribution in [0.2, 0.25) is 0 Å². The highest BCUT2D eigenvalue weighted by atomic mass is 14.6. The molecule has 0 radical (unpaired) electrons. The third kappa shape index (κ3) is 8.08. The van der Waals surface area contributed by atoms with Gasteiger partial charge in [0, 0.05) is 0 Å². The first-order valence-corrected chi connectivity index (χ1v) is 10.7. The summed E-state index contributed by atoms with van der Waals surface area (Å²) < 4.78 is 0. The van der Waals surface area contributed by atoms with Gasteiger partial charge in [-0.25, -0.2) is 0 Å². The van der Waals surface area contributed by atoms with Crippen molar-refractivity contribution in [3.63, 3.8) is 0 Å². The Balaban J connectivity index is 0. The molecule has 1 aliphatic carbocycles. The molecule has 3 atom stereocenters. The molecular weight excluding hydrogens is 276 g/mol. The molecule has 0 heterocycles. The summed E-state index contributed by atoms with van der Waals surface area (Å²) in [4.78, 5) is 0. The number of hydrogen-bond donors (Lipinski definition) is 0. The van der Waals surface area contributed by atoms with Crippen molar-refractivity contribution in [2.45, 2.75) is 121 Å².